The molecule has 31 heavy (non-hydrogen) atoms. The lowest BCUT2D eigenvalue weighted by molar-refractivity contribution is 0.0827. The highest BCUT2D eigenvalue weighted by atomic mass is 16.2. The molecule has 3 aromatic rings. The minimum absolute atomic E-state index is 0.0210. The molecule has 3 rings (SSSR count). The molecule has 0 fully saturated rings. The molecule has 1 amide bonds. The molecule has 0 aliphatic rings. The number of pyridine rings is 1. The number of amides is 1. The fourth-order valence-electron chi connectivity index (χ4n) is 3.44. The first-order chi connectivity index (χ1) is 15.1. The van der Waals surface area contributed by atoms with Crippen LogP contribution < -0.4 is 10.6 Å². The van der Waals surface area contributed by atoms with Crippen LogP contribution in [0.4, 0.5) is 0 Å². The van der Waals surface area contributed by atoms with Gasteiger partial charge in [-0.2, -0.15) is 0 Å². The zero-order chi connectivity index (χ0) is 22.1. The molecule has 0 spiro atoms. The first-order valence-electron chi connectivity index (χ1n) is 10.7. The van der Waals surface area contributed by atoms with Gasteiger partial charge in [-0.15, -0.1) is 0 Å². The molecule has 0 bridgehead atoms. The second kappa shape index (κ2) is 11.1. The van der Waals surface area contributed by atoms with E-state index in [1.54, 1.807) is 19.0 Å². The summed E-state index contributed by atoms with van der Waals surface area (Å²) < 4.78 is 0. The molecule has 0 aliphatic carbocycles. The molecule has 0 saturated carbocycles. The molecular weight excluding hydrogens is 386 g/mol. The summed E-state index contributed by atoms with van der Waals surface area (Å²) >= 11 is 0. The summed E-state index contributed by atoms with van der Waals surface area (Å²) in [5.74, 6) is 0.823. The first-order valence-corrected chi connectivity index (χ1v) is 10.7. The van der Waals surface area contributed by atoms with Crippen LogP contribution in [0.15, 0.2) is 65.8 Å². The van der Waals surface area contributed by atoms with Gasteiger partial charge in [0.2, 0.25) is 0 Å². The molecule has 1 heterocycles. The highest BCUT2D eigenvalue weighted by Crippen LogP contribution is 2.16. The van der Waals surface area contributed by atoms with E-state index in [-0.39, 0.29) is 5.91 Å². The van der Waals surface area contributed by atoms with Crippen molar-refractivity contribution in [3.8, 4) is 0 Å². The highest BCUT2D eigenvalue weighted by molar-refractivity contribution is 5.94. The first kappa shape index (κ1) is 22.3. The Labute approximate surface area is 184 Å². The fraction of sp³-hybridized carbons (Fsp3) is 0.320. The van der Waals surface area contributed by atoms with Gasteiger partial charge >= 0.3 is 0 Å². The van der Waals surface area contributed by atoms with Gasteiger partial charge in [-0.3, -0.25) is 14.8 Å². The van der Waals surface area contributed by atoms with Crippen LogP contribution in [0.5, 0.6) is 0 Å². The predicted molar refractivity (Wildman–Crippen MR) is 128 cm³/mol. The van der Waals surface area contributed by atoms with Gasteiger partial charge in [-0.05, 0) is 49.1 Å². The molecule has 6 heteroatoms. The summed E-state index contributed by atoms with van der Waals surface area (Å²) in [5.41, 5.74) is 4.09. The van der Waals surface area contributed by atoms with Crippen molar-refractivity contribution in [2.45, 2.75) is 19.8 Å². The zero-order valence-electron chi connectivity index (χ0n) is 18.6. The van der Waals surface area contributed by atoms with Gasteiger partial charge in [-0.1, -0.05) is 36.4 Å². The Morgan fingerprint density at radius 1 is 1.03 bits per heavy atom. The van der Waals surface area contributed by atoms with Crippen LogP contribution in [0.25, 0.3) is 10.9 Å². The van der Waals surface area contributed by atoms with Gasteiger partial charge in [0.1, 0.15) is 0 Å². The third-order valence-electron chi connectivity index (χ3n) is 5.00. The Kier molecular flexibility index (Phi) is 7.98. The minimum Gasteiger partial charge on any atom is -0.357 e. The van der Waals surface area contributed by atoms with Crippen LogP contribution in [-0.4, -0.2) is 55.5 Å². The van der Waals surface area contributed by atoms with Crippen LogP contribution in [0.3, 0.4) is 0 Å². The van der Waals surface area contributed by atoms with E-state index in [9.17, 15) is 4.79 Å². The second-order valence-electron chi connectivity index (χ2n) is 7.58. The summed E-state index contributed by atoms with van der Waals surface area (Å²) in [6.07, 6.45) is 3.48. The number of nitrogens with one attached hydrogen (secondary N) is 2. The molecule has 0 radical (unpaired) electrons. The van der Waals surface area contributed by atoms with Gasteiger partial charge in [0.05, 0.1) is 5.52 Å². The Morgan fingerprint density at radius 2 is 1.84 bits per heavy atom. The maximum Gasteiger partial charge on any atom is 0.253 e. The SMILES string of the molecule is CCNC(=NCCc1cccc2cccnc12)NCCc1cccc(C(=O)N(C)C)c1. The molecule has 0 saturated heterocycles. The van der Waals surface area contributed by atoms with Crippen LogP contribution >= 0.6 is 0 Å². The van der Waals surface area contributed by atoms with E-state index in [4.69, 9.17) is 4.99 Å². The molecule has 162 valence electrons. The number of guanidine groups is 1. The maximum atomic E-state index is 12.2. The lowest BCUT2D eigenvalue weighted by Crippen LogP contribution is -2.38. The number of benzene rings is 2. The molecule has 2 N–H and O–H groups in total. The second-order valence-corrected chi connectivity index (χ2v) is 7.58. The van der Waals surface area contributed by atoms with E-state index in [1.807, 2.05) is 36.5 Å². The molecule has 2 aromatic carbocycles. The van der Waals surface area contributed by atoms with Crippen molar-refractivity contribution < 1.29 is 4.79 Å². The fourth-order valence-corrected chi connectivity index (χ4v) is 3.44. The molecule has 0 unspecified atom stereocenters. The lowest BCUT2D eigenvalue weighted by Gasteiger charge is -2.13. The van der Waals surface area contributed by atoms with Crippen molar-refractivity contribution in [3.05, 3.63) is 77.5 Å². The monoisotopic (exact) mass is 417 g/mol. The Hall–Kier alpha value is -3.41. The van der Waals surface area contributed by atoms with Gasteiger partial charge in [-0.25, -0.2) is 0 Å². The molecule has 6 nitrogen and oxygen atoms in total. The van der Waals surface area contributed by atoms with Crippen molar-refractivity contribution >= 4 is 22.8 Å². The maximum absolute atomic E-state index is 12.2. The standard InChI is InChI=1S/C25H31N5O/c1-4-26-25(28-16-13-19-8-5-11-22(18-19)24(31)30(2)3)29-17-14-21-10-6-9-20-12-7-15-27-23(20)21/h5-12,15,18H,4,13-14,16-17H2,1-3H3,(H2,26,28,29). The van der Waals surface area contributed by atoms with Crippen LogP contribution in [0.1, 0.15) is 28.4 Å². The number of aliphatic imine (C=N–C) groups is 1. The van der Waals surface area contributed by atoms with Crippen LogP contribution in [-0.2, 0) is 12.8 Å². The number of carbonyl (C=O) groups is 1. The third-order valence-corrected chi connectivity index (χ3v) is 5.00. The van der Waals surface area contributed by atoms with Crippen molar-refractivity contribution in [1.82, 2.24) is 20.5 Å². The number of nitrogens with zero attached hydrogens (tertiary/aromatic N) is 3. The molecule has 0 atom stereocenters. The smallest absolute Gasteiger partial charge is 0.253 e. The number of para-hydroxylation sites is 1. The van der Waals surface area contributed by atoms with E-state index < -0.39 is 0 Å². The van der Waals surface area contributed by atoms with Gasteiger partial charge in [0.15, 0.2) is 5.96 Å². The minimum atomic E-state index is 0.0210. The van der Waals surface area contributed by atoms with Crippen LogP contribution in [0, 0.1) is 0 Å². The van der Waals surface area contributed by atoms with Crippen molar-refractivity contribution in [2.75, 3.05) is 33.7 Å². The number of aromatic nitrogens is 1. The number of carbonyl (C=O) groups excluding carboxylic acids is 1. The van der Waals surface area contributed by atoms with Gasteiger partial charge in [0, 0.05) is 50.9 Å². The lowest BCUT2D eigenvalue weighted by atomic mass is 10.1. The average Bonchev–Trinajstić information content (AvgIpc) is 2.79. The summed E-state index contributed by atoms with van der Waals surface area (Å²) in [4.78, 5) is 23.0. The number of fused-ring (bicyclic) bond motifs is 1. The van der Waals surface area contributed by atoms with Gasteiger partial charge in [0.25, 0.3) is 5.91 Å². The molecule has 1 aromatic heterocycles. The van der Waals surface area contributed by atoms with E-state index in [2.05, 4.69) is 46.8 Å². The van der Waals surface area contributed by atoms with E-state index in [0.29, 0.717) is 12.1 Å². The largest absolute Gasteiger partial charge is 0.357 e. The van der Waals surface area contributed by atoms with Crippen molar-refractivity contribution in [2.24, 2.45) is 4.99 Å². The zero-order valence-corrected chi connectivity index (χ0v) is 18.6. The van der Waals surface area contributed by atoms with E-state index >= 15 is 0 Å². The quantitative estimate of drug-likeness (QED) is 0.436. The topological polar surface area (TPSA) is 69.6 Å². The summed E-state index contributed by atoms with van der Waals surface area (Å²) in [5, 5.41) is 7.85. The Bertz CT molecular complexity index is 1040. The van der Waals surface area contributed by atoms with Crippen molar-refractivity contribution in [3.63, 3.8) is 0 Å². The van der Waals surface area contributed by atoms with Gasteiger partial charge < -0.3 is 15.5 Å². The number of rotatable bonds is 8. The summed E-state index contributed by atoms with van der Waals surface area (Å²) in [7, 11) is 3.54. The summed E-state index contributed by atoms with van der Waals surface area (Å²) in [6, 6.07) is 18.1. The highest BCUT2D eigenvalue weighted by Gasteiger charge is 2.08. The normalized spacial score (nSPS) is 11.4. The summed E-state index contributed by atoms with van der Waals surface area (Å²) in [6.45, 7) is 4.27. The number of hydrogen-bond acceptors (Lipinski definition) is 3. The van der Waals surface area contributed by atoms with Crippen molar-refractivity contribution in [1.29, 1.82) is 0 Å². The Balaban J connectivity index is 1.57. The molecular formula is C25H31N5O. The predicted octanol–water partition coefficient (Wildman–Crippen LogP) is 3.28. The Morgan fingerprint density at radius 3 is 2.65 bits per heavy atom. The van der Waals surface area contributed by atoms with E-state index in [1.165, 1.54) is 5.56 Å². The number of hydrogen-bond donors (Lipinski definition) is 2. The van der Waals surface area contributed by atoms with Crippen LogP contribution in [0.2, 0.25) is 0 Å². The average molecular weight is 418 g/mol. The third kappa shape index (κ3) is 6.28. The van der Waals surface area contributed by atoms with E-state index in [0.717, 1.165) is 48.4 Å². The molecule has 0 aliphatic heterocycles.